The van der Waals surface area contributed by atoms with Crippen LogP contribution in [0, 0.1) is 6.92 Å². The average Bonchev–Trinajstić information content (AvgIpc) is 2.49. The van der Waals surface area contributed by atoms with Gasteiger partial charge in [-0.25, -0.2) is 8.78 Å². The van der Waals surface area contributed by atoms with Crippen molar-refractivity contribution in [1.29, 1.82) is 0 Å². The summed E-state index contributed by atoms with van der Waals surface area (Å²) in [5.74, 6) is -6.40. The van der Waals surface area contributed by atoms with E-state index in [4.69, 9.17) is 0 Å². The molecule has 0 aliphatic heterocycles. The van der Waals surface area contributed by atoms with Gasteiger partial charge in [0.15, 0.2) is 0 Å². The third-order valence-corrected chi connectivity index (χ3v) is 3.67. The predicted molar refractivity (Wildman–Crippen MR) is 76.3 cm³/mol. The Kier molecular flexibility index (Phi) is 4.88. The van der Waals surface area contributed by atoms with Crippen LogP contribution in [0.4, 0.5) is 23.2 Å². The molecule has 0 amide bonds. The van der Waals surface area contributed by atoms with E-state index in [9.17, 15) is 22.4 Å². The summed E-state index contributed by atoms with van der Waals surface area (Å²) >= 11 is 0. The fourth-order valence-electron chi connectivity index (χ4n) is 2.41. The quantitative estimate of drug-likeness (QED) is 0.798. The Balaban J connectivity index is 2.30. The van der Waals surface area contributed by atoms with Crippen LogP contribution in [0.2, 0.25) is 0 Å². The number of carbonyl (C=O) groups is 1. The van der Waals surface area contributed by atoms with Crippen molar-refractivity contribution in [2.75, 3.05) is 5.32 Å². The maximum atomic E-state index is 13.3. The van der Waals surface area contributed by atoms with Gasteiger partial charge in [0.05, 0.1) is 0 Å². The van der Waals surface area contributed by atoms with Gasteiger partial charge in [-0.05, 0) is 44.7 Å². The minimum absolute atomic E-state index is 0.0926. The monoisotopic (exact) mass is 315 g/mol. The molecule has 6 heteroatoms. The van der Waals surface area contributed by atoms with Crippen molar-refractivity contribution in [2.24, 2.45) is 0 Å². The fourth-order valence-corrected chi connectivity index (χ4v) is 2.41. The molecule has 0 bridgehead atoms. The SMILES string of the molecule is Cc1ccc(NC2=C(C(=O)C(F)(F)C(F)F)CCCC2)cc1. The molecule has 2 rings (SSSR count). The average molecular weight is 315 g/mol. The summed E-state index contributed by atoms with van der Waals surface area (Å²) in [6.07, 6.45) is -2.23. The summed E-state index contributed by atoms with van der Waals surface area (Å²) in [4.78, 5) is 11.8. The molecule has 1 aromatic rings. The number of allylic oxidation sites excluding steroid dienone is 2. The summed E-state index contributed by atoms with van der Waals surface area (Å²) in [7, 11) is 0. The van der Waals surface area contributed by atoms with Crippen molar-refractivity contribution in [3.05, 3.63) is 41.1 Å². The molecule has 1 aliphatic rings. The van der Waals surface area contributed by atoms with Gasteiger partial charge in [-0.15, -0.1) is 0 Å². The zero-order valence-electron chi connectivity index (χ0n) is 12.1. The van der Waals surface area contributed by atoms with Crippen LogP contribution in [0.3, 0.4) is 0 Å². The normalized spacial score (nSPS) is 16.1. The van der Waals surface area contributed by atoms with Crippen LogP contribution in [0.15, 0.2) is 35.5 Å². The number of ketones is 1. The van der Waals surface area contributed by atoms with Gasteiger partial charge in [-0.1, -0.05) is 17.7 Å². The highest BCUT2D eigenvalue weighted by atomic mass is 19.3. The molecule has 0 radical (unpaired) electrons. The van der Waals surface area contributed by atoms with Gasteiger partial charge in [0.2, 0.25) is 5.78 Å². The number of hydrogen-bond donors (Lipinski definition) is 1. The topological polar surface area (TPSA) is 29.1 Å². The molecule has 0 fully saturated rings. The Morgan fingerprint density at radius 3 is 2.32 bits per heavy atom. The van der Waals surface area contributed by atoms with E-state index in [-0.39, 0.29) is 12.0 Å². The molecule has 1 N–H and O–H groups in total. The lowest BCUT2D eigenvalue weighted by Gasteiger charge is -2.24. The van der Waals surface area contributed by atoms with Crippen molar-refractivity contribution in [1.82, 2.24) is 0 Å². The maximum absolute atomic E-state index is 13.3. The Morgan fingerprint density at radius 2 is 1.73 bits per heavy atom. The second-order valence-corrected chi connectivity index (χ2v) is 5.41. The first kappa shape index (κ1) is 16.5. The van der Waals surface area contributed by atoms with Crippen LogP contribution in [-0.4, -0.2) is 18.1 Å². The number of hydrogen-bond acceptors (Lipinski definition) is 2. The van der Waals surface area contributed by atoms with Gasteiger partial charge in [0, 0.05) is 17.0 Å². The van der Waals surface area contributed by atoms with Crippen molar-refractivity contribution < 1.29 is 22.4 Å². The van der Waals surface area contributed by atoms with Crippen molar-refractivity contribution >= 4 is 11.5 Å². The highest BCUT2D eigenvalue weighted by Gasteiger charge is 2.50. The number of carbonyl (C=O) groups excluding carboxylic acids is 1. The third-order valence-electron chi connectivity index (χ3n) is 3.67. The molecule has 0 heterocycles. The standard InChI is InChI=1S/C16H17F4NO/c1-10-6-8-11(9-7-10)21-13-5-3-2-4-12(13)14(22)16(19,20)15(17)18/h6-9,15,21H,2-5H2,1H3. The second-order valence-electron chi connectivity index (χ2n) is 5.41. The number of rotatable bonds is 5. The summed E-state index contributed by atoms with van der Waals surface area (Å²) < 4.78 is 51.5. The van der Waals surface area contributed by atoms with Crippen LogP contribution in [0.5, 0.6) is 0 Å². The molecule has 120 valence electrons. The molecule has 1 aliphatic carbocycles. The lowest BCUT2D eigenvalue weighted by Crippen LogP contribution is -2.38. The van der Waals surface area contributed by atoms with Gasteiger partial charge in [-0.3, -0.25) is 4.79 Å². The molecule has 0 unspecified atom stereocenters. The number of alkyl halides is 4. The summed E-state index contributed by atoms with van der Waals surface area (Å²) in [6.45, 7) is 1.90. The zero-order valence-corrected chi connectivity index (χ0v) is 12.1. The smallest absolute Gasteiger partial charge is 0.359 e. The van der Waals surface area contributed by atoms with Gasteiger partial charge < -0.3 is 5.32 Å². The molecule has 0 saturated heterocycles. The Morgan fingerprint density at radius 1 is 1.14 bits per heavy atom. The molecule has 22 heavy (non-hydrogen) atoms. The van der Waals surface area contributed by atoms with Crippen LogP contribution < -0.4 is 5.32 Å². The van der Waals surface area contributed by atoms with E-state index >= 15 is 0 Å². The minimum atomic E-state index is -4.63. The fraction of sp³-hybridized carbons (Fsp3) is 0.438. The lowest BCUT2D eigenvalue weighted by atomic mass is 9.90. The van der Waals surface area contributed by atoms with E-state index in [1.54, 1.807) is 12.1 Å². The highest BCUT2D eigenvalue weighted by molar-refractivity contribution is 6.02. The van der Waals surface area contributed by atoms with Crippen LogP contribution in [0.1, 0.15) is 31.2 Å². The highest BCUT2D eigenvalue weighted by Crippen LogP contribution is 2.34. The second kappa shape index (κ2) is 6.50. The molecular weight excluding hydrogens is 298 g/mol. The summed E-state index contributed by atoms with van der Waals surface area (Å²) in [5, 5.41) is 2.93. The first-order chi connectivity index (χ1) is 10.3. The summed E-state index contributed by atoms with van der Waals surface area (Å²) in [5.41, 5.74) is 1.79. The molecule has 0 spiro atoms. The van der Waals surface area contributed by atoms with E-state index in [1.165, 1.54) is 0 Å². The number of halogens is 4. The number of nitrogens with one attached hydrogen (secondary N) is 1. The summed E-state index contributed by atoms with van der Waals surface area (Å²) in [6, 6.07) is 7.18. The maximum Gasteiger partial charge on any atom is 0.368 e. The van der Waals surface area contributed by atoms with Crippen molar-refractivity contribution in [3.8, 4) is 0 Å². The molecule has 0 aromatic heterocycles. The van der Waals surface area contributed by atoms with Crippen LogP contribution >= 0.6 is 0 Å². The molecule has 2 nitrogen and oxygen atoms in total. The van der Waals surface area contributed by atoms with E-state index in [0.29, 0.717) is 24.2 Å². The number of Topliss-reactive ketones (excluding diaryl/α,β-unsaturated/α-hetero) is 1. The minimum Gasteiger partial charge on any atom is -0.359 e. The van der Waals surface area contributed by atoms with Crippen LogP contribution in [0.25, 0.3) is 0 Å². The Labute approximate surface area is 126 Å². The molecular formula is C16H17F4NO. The van der Waals surface area contributed by atoms with Gasteiger partial charge >= 0.3 is 12.3 Å². The lowest BCUT2D eigenvalue weighted by molar-refractivity contribution is -0.163. The predicted octanol–water partition coefficient (Wildman–Crippen LogP) is 4.70. The van der Waals surface area contributed by atoms with Gasteiger partial charge in [0.1, 0.15) is 0 Å². The van der Waals surface area contributed by atoms with Crippen LogP contribution in [-0.2, 0) is 4.79 Å². The van der Waals surface area contributed by atoms with Gasteiger partial charge in [-0.2, -0.15) is 8.78 Å². The number of benzene rings is 1. The van der Waals surface area contributed by atoms with Crippen molar-refractivity contribution in [2.45, 2.75) is 45.0 Å². The van der Waals surface area contributed by atoms with E-state index in [0.717, 1.165) is 12.0 Å². The molecule has 0 atom stereocenters. The van der Waals surface area contributed by atoms with E-state index in [2.05, 4.69) is 5.32 Å². The number of anilines is 1. The third kappa shape index (κ3) is 3.48. The number of aryl methyl sites for hydroxylation is 1. The van der Waals surface area contributed by atoms with E-state index < -0.39 is 18.1 Å². The zero-order chi connectivity index (χ0) is 16.3. The van der Waals surface area contributed by atoms with Crippen molar-refractivity contribution in [3.63, 3.8) is 0 Å². The Bertz CT molecular complexity index is 578. The van der Waals surface area contributed by atoms with E-state index in [1.807, 2.05) is 19.1 Å². The molecule has 1 aromatic carbocycles. The Hall–Kier alpha value is -1.85. The molecule has 0 saturated carbocycles. The van der Waals surface area contributed by atoms with Gasteiger partial charge in [0.25, 0.3) is 0 Å². The first-order valence-corrected chi connectivity index (χ1v) is 7.09. The largest absolute Gasteiger partial charge is 0.368 e. The first-order valence-electron chi connectivity index (χ1n) is 7.09.